The normalized spacial score (nSPS) is 22.0. The van der Waals surface area contributed by atoms with Crippen LogP contribution in [-0.2, 0) is 19.3 Å². The Hall–Kier alpha value is -1.25. The molecule has 2 fully saturated rings. The van der Waals surface area contributed by atoms with Crippen LogP contribution in [0.1, 0.15) is 40.5 Å². The Balaban J connectivity index is 1.91. The molecule has 2 aliphatic rings. The number of nitrogens with one attached hydrogen (secondary N) is 1. The lowest BCUT2D eigenvalue weighted by molar-refractivity contribution is 0.00578. The number of benzene rings is 1. The molecule has 1 saturated heterocycles. The van der Waals surface area contributed by atoms with Crippen LogP contribution in [-0.4, -0.2) is 39.6 Å². The van der Waals surface area contributed by atoms with Crippen LogP contribution < -0.4 is 14.9 Å². The molecule has 0 bridgehead atoms. The first kappa shape index (κ1) is 18.5. The zero-order chi connectivity index (χ0) is 18.5. The molecule has 1 aromatic rings. The number of sulfonamides is 1. The van der Waals surface area contributed by atoms with E-state index in [1.54, 1.807) is 18.2 Å². The summed E-state index contributed by atoms with van der Waals surface area (Å²) in [5.74, 6) is 1.28. The highest BCUT2D eigenvalue weighted by Crippen LogP contribution is 2.37. The molecule has 0 atom stereocenters. The maximum absolute atomic E-state index is 11.5. The molecule has 0 aromatic heterocycles. The van der Waals surface area contributed by atoms with Crippen LogP contribution in [0.5, 0.6) is 5.75 Å². The van der Waals surface area contributed by atoms with Crippen LogP contribution in [0.15, 0.2) is 18.2 Å². The fourth-order valence-corrected chi connectivity index (χ4v) is 3.16. The summed E-state index contributed by atoms with van der Waals surface area (Å²) in [6.07, 6.45) is 3.51. The van der Waals surface area contributed by atoms with E-state index in [4.69, 9.17) is 14.0 Å². The van der Waals surface area contributed by atoms with Crippen molar-refractivity contribution in [2.24, 2.45) is 5.92 Å². The lowest BCUT2D eigenvalue weighted by atomic mass is 9.78. The minimum absolute atomic E-state index is 0.464. The van der Waals surface area contributed by atoms with Crippen LogP contribution in [0.3, 0.4) is 0 Å². The van der Waals surface area contributed by atoms with Crippen molar-refractivity contribution >= 4 is 28.3 Å². The molecule has 8 heteroatoms. The van der Waals surface area contributed by atoms with Crippen molar-refractivity contribution in [1.29, 1.82) is 0 Å². The first-order chi connectivity index (χ1) is 11.5. The van der Waals surface area contributed by atoms with Gasteiger partial charge in [-0.2, -0.15) is 0 Å². The molecule has 0 radical (unpaired) electrons. The van der Waals surface area contributed by atoms with Gasteiger partial charge in [0.05, 0.1) is 24.1 Å². The van der Waals surface area contributed by atoms with E-state index in [1.165, 1.54) is 12.8 Å². The highest BCUT2D eigenvalue weighted by Gasteiger charge is 2.52. The molecule has 1 N–H and O–H groups in total. The molecule has 6 nitrogen and oxygen atoms in total. The topological polar surface area (TPSA) is 73.9 Å². The van der Waals surface area contributed by atoms with Gasteiger partial charge in [-0.05, 0) is 64.7 Å². The second-order valence-electron chi connectivity index (χ2n) is 7.97. The van der Waals surface area contributed by atoms with Crippen LogP contribution >= 0.6 is 0 Å². The Morgan fingerprint density at radius 1 is 1.20 bits per heavy atom. The SMILES string of the molecule is CC1(C)OB(c2cc(NS(C)(=O)=O)ccc2OCC2CC2)OC1(C)C. The molecular weight excluding hydrogens is 341 g/mol. The van der Waals surface area contributed by atoms with Gasteiger partial charge in [-0.25, -0.2) is 8.42 Å². The molecule has 0 unspecified atom stereocenters. The van der Waals surface area contributed by atoms with Crippen molar-refractivity contribution in [3.8, 4) is 5.75 Å². The van der Waals surface area contributed by atoms with E-state index in [1.807, 2.05) is 27.7 Å². The Bertz CT molecular complexity index is 742. The summed E-state index contributed by atoms with van der Waals surface area (Å²) in [7, 11) is -3.97. The molecule has 138 valence electrons. The van der Waals surface area contributed by atoms with Gasteiger partial charge < -0.3 is 14.0 Å². The molecule has 1 aliphatic carbocycles. The average molecular weight is 367 g/mol. The number of hydrogen-bond acceptors (Lipinski definition) is 5. The molecule has 1 saturated carbocycles. The second kappa shape index (κ2) is 6.18. The number of ether oxygens (including phenoxy) is 1. The third kappa shape index (κ3) is 4.30. The van der Waals surface area contributed by atoms with Gasteiger partial charge in [0.15, 0.2) is 0 Å². The van der Waals surface area contributed by atoms with E-state index in [0.29, 0.717) is 29.4 Å². The minimum Gasteiger partial charge on any atom is -0.494 e. The van der Waals surface area contributed by atoms with Gasteiger partial charge in [-0.15, -0.1) is 0 Å². The predicted octanol–water partition coefficient (Wildman–Crippen LogP) is 2.15. The van der Waals surface area contributed by atoms with Crippen molar-refractivity contribution in [3.05, 3.63) is 18.2 Å². The van der Waals surface area contributed by atoms with Crippen LogP contribution in [0.4, 0.5) is 5.69 Å². The average Bonchev–Trinajstić information content (AvgIpc) is 3.23. The van der Waals surface area contributed by atoms with Gasteiger partial charge in [0, 0.05) is 11.2 Å². The Morgan fingerprint density at radius 3 is 2.32 bits per heavy atom. The summed E-state index contributed by atoms with van der Waals surface area (Å²) in [5, 5.41) is 0. The first-order valence-corrected chi connectivity index (χ1v) is 10.5. The fourth-order valence-electron chi connectivity index (χ4n) is 2.60. The monoisotopic (exact) mass is 367 g/mol. The van der Waals surface area contributed by atoms with Gasteiger partial charge in [-0.1, -0.05) is 0 Å². The summed E-state index contributed by atoms with van der Waals surface area (Å²) in [6, 6.07) is 5.19. The summed E-state index contributed by atoms with van der Waals surface area (Å²) in [6.45, 7) is 8.59. The molecule has 3 rings (SSSR count). The molecule has 0 spiro atoms. The van der Waals surface area contributed by atoms with Gasteiger partial charge in [0.2, 0.25) is 10.0 Å². The zero-order valence-corrected chi connectivity index (χ0v) is 16.3. The summed E-state index contributed by atoms with van der Waals surface area (Å²) >= 11 is 0. The van der Waals surface area contributed by atoms with E-state index in [0.717, 1.165) is 6.26 Å². The van der Waals surface area contributed by atoms with Gasteiger partial charge >= 0.3 is 7.12 Å². The maximum atomic E-state index is 11.5. The Labute approximate surface area is 150 Å². The molecule has 0 amide bonds. The second-order valence-corrected chi connectivity index (χ2v) is 9.72. The van der Waals surface area contributed by atoms with Crippen LogP contribution in [0.2, 0.25) is 0 Å². The van der Waals surface area contributed by atoms with E-state index >= 15 is 0 Å². The Morgan fingerprint density at radius 2 is 1.80 bits per heavy atom. The van der Waals surface area contributed by atoms with Crippen LogP contribution in [0, 0.1) is 5.92 Å². The van der Waals surface area contributed by atoms with E-state index in [9.17, 15) is 8.42 Å². The predicted molar refractivity (Wildman–Crippen MR) is 98.8 cm³/mol. The van der Waals surface area contributed by atoms with Crippen molar-refractivity contribution in [2.45, 2.75) is 51.7 Å². The van der Waals surface area contributed by atoms with Crippen molar-refractivity contribution in [3.63, 3.8) is 0 Å². The van der Waals surface area contributed by atoms with E-state index < -0.39 is 28.3 Å². The molecule has 1 heterocycles. The Kier molecular flexibility index (Phi) is 4.58. The van der Waals surface area contributed by atoms with E-state index in [-0.39, 0.29) is 0 Å². The molecule has 25 heavy (non-hydrogen) atoms. The first-order valence-electron chi connectivity index (χ1n) is 8.57. The van der Waals surface area contributed by atoms with Crippen molar-refractivity contribution < 1.29 is 22.5 Å². The van der Waals surface area contributed by atoms with Gasteiger partial charge in [0.25, 0.3) is 0 Å². The number of rotatable bonds is 6. The van der Waals surface area contributed by atoms with E-state index in [2.05, 4.69) is 4.72 Å². The highest BCUT2D eigenvalue weighted by atomic mass is 32.2. The van der Waals surface area contributed by atoms with Crippen LogP contribution in [0.25, 0.3) is 0 Å². The van der Waals surface area contributed by atoms with Gasteiger partial charge in [0.1, 0.15) is 5.75 Å². The highest BCUT2D eigenvalue weighted by molar-refractivity contribution is 7.92. The lowest BCUT2D eigenvalue weighted by Crippen LogP contribution is -2.41. The fraction of sp³-hybridized carbons (Fsp3) is 0.647. The summed E-state index contributed by atoms with van der Waals surface area (Å²) in [4.78, 5) is 0. The number of anilines is 1. The molecule has 1 aromatic carbocycles. The third-order valence-corrected chi connectivity index (χ3v) is 5.60. The largest absolute Gasteiger partial charge is 0.498 e. The van der Waals surface area contributed by atoms with Crippen molar-refractivity contribution in [2.75, 3.05) is 17.6 Å². The zero-order valence-electron chi connectivity index (χ0n) is 15.5. The maximum Gasteiger partial charge on any atom is 0.498 e. The molecule has 1 aliphatic heterocycles. The van der Waals surface area contributed by atoms with Crippen molar-refractivity contribution in [1.82, 2.24) is 0 Å². The quantitative estimate of drug-likeness (QED) is 0.780. The summed E-state index contributed by atoms with van der Waals surface area (Å²) in [5.41, 5.74) is 0.205. The number of hydrogen-bond donors (Lipinski definition) is 1. The lowest BCUT2D eigenvalue weighted by Gasteiger charge is -2.32. The van der Waals surface area contributed by atoms with Gasteiger partial charge in [-0.3, -0.25) is 4.72 Å². The standard InChI is InChI=1S/C17H26BNO5S/c1-16(2)17(3,4)24-18(23-16)14-10-13(19-25(5,20)21)8-9-15(14)22-11-12-6-7-12/h8-10,12,19H,6-7,11H2,1-5H3. The minimum atomic E-state index is -3.36. The molecular formula is C17H26BNO5S. The summed E-state index contributed by atoms with van der Waals surface area (Å²) < 4.78 is 43.8. The smallest absolute Gasteiger partial charge is 0.494 e. The third-order valence-electron chi connectivity index (χ3n) is 4.99.